The van der Waals surface area contributed by atoms with E-state index in [1.54, 1.807) is 0 Å². The molecule has 4 aromatic rings. The fraction of sp³-hybridized carbons (Fsp3) is 0.545. The highest BCUT2D eigenvalue weighted by Crippen LogP contribution is 2.68. The van der Waals surface area contributed by atoms with Gasteiger partial charge >= 0.3 is 31.1 Å². The summed E-state index contributed by atoms with van der Waals surface area (Å²) in [6.45, 7) is -0.952. The van der Waals surface area contributed by atoms with E-state index in [-0.39, 0.29) is 34.2 Å². The summed E-state index contributed by atoms with van der Waals surface area (Å²) in [5.41, 5.74) is 7.02. The fourth-order valence-corrected chi connectivity index (χ4v) is 11.0. The molecular weight excluding hydrogens is 846 g/mol. The number of nitrogens with two attached hydrogens (primary N) is 3. The molecule has 310 valence electrons. The minimum Gasteiger partial charge on any atom is -0.391 e. The number of phosphoric ester groups is 2. The molecule has 13 unspecified atom stereocenters. The number of aromatic amines is 2. The minimum atomic E-state index is -6.08. The molecule has 6 rings (SSSR count). The van der Waals surface area contributed by atoms with Gasteiger partial charge in [0.05, 0.1) is 44.1 Å². The van der Waals surface area contributed by atoms with Gasteiger partial charge in [-0.05, 0) is 5.92 Å². The van der Waals surface area contributed by atoms with Crippen molar-refractivity contribution in [3.8, 4) is 0 Å². The van der Waals surface area contributed by atoms with Gasteiger partial charge in [-0.1, -0.05) is 6.92 Å². The van der Waals surface area contributed by atoms with Gasteiger partial charge in [0.2, 0.25) is 11.9 Å². The molecule has 30 nitrogen and oxygen atoms in total. The topological polar surface area (TPSA) is 470 Å². The lowest BCUT2D eigenvalue weighted by atomic mass is 9.99. The van der Waals surface area contributed by atoms with Crippen molar-refractivity contribution in [2.45, 2.75) is 49.3 Å². The van der Waals surface area contributed by atoms with Crippen LogP contribution in [0.2, 0.25) is 0 Å². The Bertz CT molecular complexity index is 2460. The summed E-state index contributed by atoms with van der Waals surface area (Å²) in [5, 5.41) is 32.2. The Labute approximate surface area is 309 Å². The molecule has 34 heteroatoms. The first-order valence-corrected chi connectivity index (χ1v) is 21.6. The van der Waals surface area contributed by atoms with E-state index in [0.29, 0.717) is 0 Å². The van der Waals surface area contributed by atoms with Crippen LogP contribution >= 0.6 is 31.1 Å². The molecule has 2 fully saturated rings. The van der Waals surface area contributed by atoms with Crippen LogP contribution in [0.15, 0.2) is 22.2 Å². The number of nitrogen functional groups attached to an aromatic ring is 2. The molecule has 15 N–H and O–H groups in total. The molecule has 5 heterocycles. The van der Waals surface area contributed by atoms with Crippen molar-refractivity contribution in [2.75, 3.05) is 24.7 Å². The van der Waals surface area contributed by atoms with Crippen LogP contribution in [-0.4, -0.2) is 117 Å². The van der Waals surface area contributed by atoms with Gasteiger partial charge in [-0.3, -0.25) is 37.7 Å². The van der Waals surface area contributed by atoms with Crippen molar-refractivity contribution in [3.63, 3.8) is 0 Å². The fourth-order valence-electron chi connectivity index (χ4n) is 6.20. The van der Waals surface area contributed by atoms with Crippen molar-refractivity contribution in [1.29, 1.82) is 0 Å². The second-order valence-electron chi connectivity index (χ2n) is 12.4. The number of phosphoric acid groups is 3. The number of hydrogen-bond donors (Lipinski definition) is 12. The third-order valence-corrected chi connectivity index (χ3v) is 14.7. The Morgan fingerprint density at radius 2 is 1.38 bits per heavy atom. The van der Waals surface area contributed by atoms with Crippen LogP contribution < -0.4 is 28.5 Å². The van der Waals surface area contributed by atoms with Gasteiger partial charge in [0.15, 0.2) is 28.6 Å². The summed E-state index contributed by atoms with van der Waals surface area (Å²) in [5.74, 6) is 2.64. The Morgan fingerprint density at radius 3 is 1.93 bits per heavy atom. The summed E-state index contributed by atoms with van der Waals surface area (Å²) in [6.07, 6.45) is -6.33. The largest absolute Gasteiger partial charge is 0.490 e. The molecule has 0 aromatic carbocycles. The lowest BCUT2D eigenvalue weighted by Crippen LogP contribution is -2.35. The number of anilines is 2. The van der Waals surface area contributed by atoms with E-state index >= 15 is 0 Å². The zero-order chi connectivity index (χ0) is 41.3. The third-order valence-electron chi connectivity index (χ3n) is 8.80. The van der Waals surface area contributed by atoms with Crippen LogP contribution in [0.5, 0.6) is 0 Å². The van der Waals surface area contributed by atoms with Crippen molar-refractivity contribution in [3.05, 3.63) is 33.4 Å². The summed E-state index contributed by atoms with van der Waals surface area (Å²) in [6, 6.07) is -0.778. The van der Waals surface area contributed by atoms with Crippen molar-refractivity contribution in [1.82, 2.24) is 39.0 Å². The van der Waals surface area contributed by atoms with Gasteiger partial charge in [-0.15, -0.1) is 0 Å². The van der Waals surface area contributed by atoms with Crippen LogP contribution in [0.25, 0.3) is 22.3 Å². The predicted molar refractivity (Wildman–Crippen MR) is 181 cm³/mol. The first kappa shape index (κ1) is 42.3. The third kappa shape index (κ3) is 8.44. The zero-order valence-corrected chi connectivity index (χ0v) is 31.6. The van der Waals surface area contributed by atoms with Gasteiger partial charge < -0.3 is 55.7 Å². The maximum absolute atomic E-state index is 12.8. The van der Waals surface area contributed by atoms with E-state index in [9.17, 15) is 62.7 Å². The molecular formula is C22H33N11O19P4. The molecule has 56 heavy (non-hydrogen) atoms. The molecule has 1 saturated heterocycles. The van der Waals surface area contributed by atoms with Gasteiger partial charge in [-0.2, -0.15) is 18.6 Å². The summed E-state index contributed by atoms with van der Waals surface area (Å²) >= 11 is 0. The van der Waals surface area contributed by atoms with Crippen LogP contribution in [-0.2, 0) is 45.3 Å². The summed E-state index contributed by atoms with van der Waals surface area (Å²) in [4.78, 5) is 84.9. The van der Waals surface area contributed by atoms with Crippen molar-refractivity contribution in [2.24, 2.45) is 17.7 Å². The normalized spacial score (nSPS) is 29.3. The number of aliphatic hydroxyl groups is 3. The lowest BCUT2D eigenvalue weighted by molar-refractivity contribution is -0.0481. The van der Waals surface area contributed by atoms with Crippen LogP contribution in [0, 0.1) is 11.8 Å². The number of imidazole rings is 2. The standard InChI is InChI=1S/C22H33N11O19P4/c1-6(9-12(13(9)35)32-4-26-10-16(32)28-21(23)30-18(10)37)7(34)2-47-54(41,42)51-56(45,46)52-55(43,44)48-3-8-15(53(39,40)50-25)14(36)20(49-8)33-5-27-11-17(33)29-22(24)31-19(11)38/h4-9,12-15,20,34-36H,2-3,25H2,1H3,(H,39,40)(H,41,42)(H,43,44)(H,45,46)(H3,23,28,30,37)(H3,24,29,31,38). The number of aliphatic hydroxyl groups excluding tert-OH is 3. The monoisotopic (exact) mass is 879 g/mol. The second kappa shape index (κ2) is 15.1. The number of fused-ring (bicyclic) bond motifs is 2. The van der Waals surface area contributed by atoms with Crippen molar-refractivity contribution >= 4 is 65.3 Å². The highest BCUT2D eigenvalue weighted by atomic mass is 31.3. The molecule has 0 spiro atoms. The molecule has 1 aliphatic heterocycles. The summed E-state index contributed by atoms with van der Waals surface area (Å²) in [7, 11) is -22.7. The number of H-pyrrole nitrogens is 2. The highest BCUT2D eigenvalue weighted by molar-refractivity contribution is 7.66. The first-order chi connectivity index (χ1) is 26.0. The van der Waals surface area contributed by atoms with Crippen molar-refractivity contribution < 1.29 is 80.2 Å². The predicted octanol–water partition coefficient (Wildman–Crippen LogP) is -2.98. The SMILES string of the molecule is CC(C(O)COP(=O)(O)OP(=O)(O)OP(=O)(O)OCC1OC(n2cnc3c(=O)[nH]c(N)nc32)C(O)C1P(=O)(O)ON)C1C(O)C1n1cnc2c(=O)[nH]c(N)nc21. The van der Waals surface area contributed by atoms with Crippen LogP contribution in [0.4, 0.5) is 11.9 Å². The average Bonchev–Trinajstić information content (AvgIpc) is 3.40. The van der Waals surface area contributed by atoms with Gasteiger partial charge in [0.1, 0.15) is 17.9 Å². The van der Waals surface area contributed by atoms with E-state index in [1.807, 2.05) is 0 Å². The molecule has 1 aliphatic carbocycles. The van der Waals surface area contributed by atoms with E-state index in [1.165, 1.54) is 17.8 Å². The average molecular weight is 879 g/mol. The van der Waals surface area contributed by atoms with E-state index in [4.69, 9.17) is 22.1 Å². The number of nitrogens with one attached hydrogen (secondary N) is 2. The smallest absolute Gasteiger partial charge is 0.391 e. The second-order valence-corrected chi connectivity index (χ2v) is 19.0. The molecule has 0 bridgehead atoms. The maximum atomic E-state index is 12.8. The quantitative estimate of drug-likeness (QED) is 0.0394. The summed E-state index contributed by atoms with van der Waals surface area (Å²) < 4.78 is 79.6. The maximum Gasteiger partial charge on any atom is 0.490 e. The Kier molecular flexibility index (Phi) is 11.4. The number of rotatable bonds is 16. The van der Waals surface area contributed by atoms with Crippen LogP contribution in [0.1, 0.15) is 19.2 Å². The number of ether oxygens (including phenoxy) is 1. The minimum absolute atomic E-state index is 0.0359. The number of aromatic nitrogens is 8. The number of hydrogen-bond acceptors (Lipinski definition) is 22. The van der Waals surface area contributed by atoms with Gasteiger partial charge in [0.25, 0.3) is 11.1 Å². The zero-order valence-electron chi connectivity index (χ0n) is 28.0. The Morgan fingerprint density at radius 1 is 0.857 bits per heavy atom. The Hall–Kier alpha value is -3.34. The van der Waals surface area contributed by atoms with E-state index < -0.39 is 110 Å². The number of nitrogens with zero attached hydrogens (tertiary/aromatic N) is 6. The van der Waals surface area contributed by atoms with E-state index in [2.05, 4.69) is 52.2 Å². The van der Waals surface area contributed by atoms with Crippen LogP contribution in [0.3, 0.4) is 0 Å². The lowest BCUT2D eigenvalue weighted by Gasteiger charge is -2.24. The van der Waals surface area contributed by atoms with Gasteiger partial charge in [0, 0.05) is 5.92 Å². The van der Waals surface area contributed by atoms with E-state index in [0.717, 1.165) is 10.9 Å². The molecule has 13 atom stereocenters. The molecule has 2 aliphatic rings. The highest BCUT2D eigenvalue weighted by Gasteiger charge is 2.57. The van der Waals surface area contributed by atoms with Gasteiger partial charge in [-0.25, -0.2) is 34.2 Å². The molecule has 0 radical (unpaired) electrons. The molecule has 1 saturated carbocycles. The molecule has 0 amide bonds. The Balaban J connectivity index is 1.06. The first-order valence-electron chi connectivity index (χ1n) is 15.5. The molecule has 4 aromatic heterocycles.